The molecule has 0 saturated heterocycles. The van der Waals surface area contributed by atoms with Crippen LogP contribution in [0.3, 0.4) is 0 Å². The first kappa shape index (κ1) is 25.6. The van der Waals surface area contributed by atoms with Gasteiger partial charge in [0.15, 0.2) is 5.76 Å². The monoisotopic (exact) mass is 506 g/mol. The first-order valence-electron chi connectivity index (χ1n) is 11.5. The van der Waals surface area contributed by atoms with Crippen LogP contribution in [-0.2, 0) is 22.4 Å². The molecule has 4 aromatic rings. The molecule has 3 aromatic carbocycles. The van der Waals surface area contributed by atoms with Gasteiger partial charge in [0.1, 0.15) is 29.1 Å². The molecule has 1 aromatic heterocycles. The third-order valence-electron chi connectivity index (χ3n) is 5.79. The molecular formula is C28H24F2N2O5. The minimum atomic E-state index is -0.987. The van der Waals surface area contributed by atoms with Crippen molar-refractivity contribution >= 4 is 17.7 Å². The Kier molecular flexibility index (Phi) is 7.62. The van der Waals surface area contributed by atoms with Crippen molar-refractivity contribution in [2.75, 3.05) is 5.32 Å². The number of aryl methyl sites for hydroxylation is 1. The summed E-state index contributed by atoms with van der Waals surface area (Å²) in [5.41, 5.74) is 3.29. The van der Waals surface area contributed by atoms with Crippen molar-refractivity contribution < 1.29 is 32.7 Å². The number of nitrogens with zero attached hydrogens (tertiary/aromatic N) is 1. The lowest BCUT2D eigenvalue weighted by atomic mass is 9.99. The normalized spacial score (nSPS) is 11.7. The summed E-state index contributed by atoms with van der Waals surface area (Å²) in [6.07, 6.45) is -1.54. The minimum Gasteiger partial charge on any atom is -0.481 e. The summed E-state index contributed by atoms with van der Waals surface area (Å²) < 4.78 is 39.0. The van der Waals surface area contributed by atoms with Crippen molar-refractivity contribution in [3.63, 3.8) is 0 Å². The van der Waals surface area contributed by atoms with Gasteiger partial charge in [0, 0.05) is 17.5 Å². The number of carbonyl (C=O) groups is 2. The number of carbonyl (C=O) groups excluding carboxylic acids is 1. The number of amides is 1. The van der Waals surface area contributed by atoms with E-state index < -0.39 is 29.8 Å². The zero-order valence-corrected chi connectivity index (χ0v) is 20.1. The van der Waals surface area contributed by atoms with E-state index in [1.165, 1.54) is 18.2 Å². The lowest BCUT2D eigenvalue weighted by Gasteiger charge is -2.15. The summed E-state index contributed by atoms with van der Waals surface area (Å²) in [5, 5.41) is 15.5. The molecule has 0 radical (unpaired) electrons. The summed E-state index contributed by atoms with van der Waals surface area (Å²) in [6, 6.07) is 17.4. The Morgan fingerprint density at radius 1 is 1.03 bits per heavy atom. The lowest BCUT2D eigenvalue weighted by Crippen LogP contribution is -2.17. The molecule has 0 fully saturated rings. The number of hydrogen-bond donors (Lipinski definition) is 2. The maximum Gasteiger partial charge on any atom is 0.412 e. The number of carboxylic acids is 1. The summed E-state index contributed by atoms with van der Waals surface area (Å²) in [5.74, 6) is -1.58. The Balaban J connectivity index is 1.47. The van der Waals surface area contributed by atoms with Gasteiger partial charge in [-0.25, -0.2) is 13.6 Å². The average Bonchev–Trinajstić information content (AvgIpc) is 3.21. The number of nitrogens with one attached hydrogen (secondary N) is 1. The molecule has 190 valence electrons. The van der Waals surface area contributed by atoms with Crippen LogP contribution < -0.4 is 5.32 Å². The van der Waals surface area contributed by atoms with Crippen LogP contribution in [0.25, 0.3) is 11.3 Å². The molecule has 0 aliphatic carbocycles. The smallest absolute Gasteiger partial charge is 0.412 e. The zero-order chi connectivity index (χ0) is 26.5. The van der Waals surface area contributed by atoms with Gasteiger partial charge < -0.3 is 14.4 Å². The fourth-order valence-corrected chi connectivity index (χ4v) is 3.92. The Morgan fingerprint density at radius 2 is 1.73 bits per heavy atom. The van der Waals surface area contributed by atoms with Crippen LogP contribution in [0.2, 0.25) is 0 Å². The van der Waals surface area contributed by atoms with E-state index in [1.807, 2.05) is 0 Å². The van der Waals surface area contributed by atoms with Crippen molar-refractivity contribution in [1.82, 2.24) is 5.16 Å². The highest BCUT2D eigenvalue weighted by molar-refractivity contribution is 5.90. The molecule has 4 rings (SSSR count). The topological polar surface area (TPSA) is 102 Å². The molecule has 0 aliphatic rings. The summed E-state index contributed by atoms with van der Waals surface area (Å²) in [6.45, 7) is 3.22. The molecule has 1 amide bonds. The number of anilines is 1. The van der Waals surface area contributed by atoms with Gasteiger partial charge in [-0.15, -0.1) is 0 Å². The second-order valence-electron chi connectivity index (χ2n) is 8.54. The number of carboxylic acid groups (broad SMARTS) is 1. The molecule has 0 bridgehead atoms. The number of halogens is 2. The molecule has 37 heavy (non-hydrogen) atoms. The summed E-state index contributed by atoms with van der Waals surface area (Å²) in [4.78, 5) is 23.5. The summed E-state index contributed by atoms with van der Waals surface area (Å²) >= 11 is 0. The van der Waals surface area contributed by atoms with Gasteiger partial charge in [0.2, 0.25) is 0 Å². The van der Waals surface area contributed by atoms with Gasteiger partial charge in [-0.3, -0.25) is 10.1 Å². The second kappa shape index (κ2) is 11.0. The predicted octanol–water partition coefficient (Wildman–Crippen LogP) is 6.46. The molecule has 9 heteroatoms. The standard InChI is InChI=1S/C28H24F2N2O5/c1-16-26(31-28(35)36-17(2)22-5-3-4-6-24(22)30)27(37-32-16)20-10-7-18(8-11-20)13-21-14-19(15-25(33)34)9-12-23(21)29/h3-12,14,17H,13,15H2,1-2H3,(H,31,35)(H,33,34)/t17-/m1/s1. The average molecular weight is 507 g/mol. The molecular weight excluding hydrogens is 482 g/mol. The zero-order valence-electron chi connectivity index (χ0n) is 20.1. The first-order valence-corrected chi connectivity index (χ1v) is 11.5. The van der Waals surface area contributed by atoms with Crippen LogP contribution in [0, 0.1) is 18.6 Å². The second-order valence-corrected chi connectivity index (χ2v) is 8.54. The lowest BCUT2D eigenvalue weighted by molar-refractivity contribution is -0.136. The SMILES string of the molecule is Cc1noc(-c2ccc(Cc3cc(CC(=O)O)ccc3F)cc2)c1NC(=O)O[C@H](C)c1ccccc1F. The highest BCUT2D eigenvalue weighted by atomic mass is 19.1. The molecule has 2 N–H and O–H groups in total. The van der Waals surface area contributed by atoms with E-state index in [4.69, 9.17) is 14.4 Å². The van der Waals surface area contributed by atoms with E-state index in [-0.39, 0.29) is 18.4 Å². The maximum absolute atomic E-state index is 14.3. The molecule has 0 aliphatic heterocycles. The van der Waals surface area contributed by atoms with Crippen LogP contribution in [0.1, 0.15) is 41.0 Å². The van der Waals surface area contributed by atoms with Crippen LogP contribution in [0.15, 0.2) is 71.3 Å². The van der Waals surface area contributed by atoms with E-state index in [1.54, 1.807) is 62.4 Å². The van der Waals surface area contributed by atoms with Crippen LogP contribution in [0.4, 0.5) is 19.3 Å². The van der Waals surface area contributed by atoms with Gasteiger partial charge in [-0.2, -0.15) is 0 Å². The number of aromatic nitrogens is 1. The Bertz CT molecular complexity index is 1430. The maximum atomic E-state index is 14.3. The fourth-order valence-electron chi connectivity index (χ4n) is 3.92. The number of ether oxygens (including phenoxy) is 1. The molecule has 0 unspecified atom stereocenters. The Hall–Kier alpha value is -4.53. The van der Waals surface area contributed by atoms with Gasteiger partial charge >= 0.3 is 12.1 Å². The van der Waals surface area contributed by atoms with Gasteiger partial charge in [-0.05, 0) is 42.7 Å². The van der Waals surface area contributed by atoms with Crippen molar-refractivity contribution in [3.05, 3.63) is 106 Å². The van der Waals surface area contributed by atoms with E-state index in [0.717, 1.165) is 5.56 Å². The van der Waals surface area contributed by atoms with Crippen molar-refractivity contribution in [1.29, 1.82) is 0 Å². The van der Waals surface area contributed by atoms with Crippen LogP contribution in [0.5, 0.6) is 0 Å². The van der Waals surface area contributed by atoms with Crippen molar-refractivity contribution in [2.45, 2.75) is 32.8 Å². The highest BCUT2D eigenvalue weighted by Gasteiger charge is 2.21. The number of benzene rings is 3. The number of aliphatic carboxylic acids is 1. The van der Waals surface area contributed by atoms with Gasteiger partial charge in [0.25, 0.3) is 0 Å². The molecule has 7 nitrogen and oxygen atoms in total. The van der Waals surface area contributed by atoms with Crippen LogP contribution in [-0.4, -0.2) is 22.3 Å². The van der Waals surface area contributed by atoms with Crippen molar-refractivity contribution in [3.8, 4) is 11.3 Å². The highest BCUT2D eigenvalue weighted by Crippen LogP contribution is 2.32. The Labute approximate surface area is 211 Å². The van der Waals surface area contributed by atoms with Crippen molar-refractivity contribution in [2.24, 2.45) is 0 Å². The van der Waals surface area contributed by atoms with E-state index in [2.05, 4.69) is 10.5 Å². The Morgan fingerprint density at radius 3 is 2.43 bits per heavy atom. The molecule has 0 spiro atoms. The summed E-state index contributed by atoms with van der Waals surface area (Å²) in [7, 11) is 0. The third kappa shape index (κ3) is 6.19. The first-order chi connectivity index (χ1) is 17.7. The van der Waals surface area contributed by atoms with E-state index >= 15 is 0 Å². The molecule has 0 saturated carbocycles. The largest absolute Gasteiger partial charge is 0.481 e. The third-order valence-corrected chi connectivity index (χ3v) is 5.79. The quantitative estimate of drug-likeness (QED) is 0.285. The molecule has 1 heterocycles. The molecule has 1 atom stereocenters. The predicted molar refractivity (Wildman–Crippen MR) is 132 cm³/mol. The fraction of sp³-hybridized carbons (Fsp3) is 0.179. The van der Waals surface area contributed by atoms with E-state index in [0.29, 0.717) is 33.8 Å². The van der Waals surface area contributed by atoms with Gasteiger partial charge in [-0.1, -0.05) is 59.8 Å². The van der Waals surface area contributed by atoms with Crippen LogP contribution >= 0.6 is 0 Å². The number of hydrogen-bond acceptors (Lipinski definition) is 5. The minimum absolute atomic E-state index is 0.186. The van der Waals surface area contributed by atoms with Gasteiger partial charge in [0.05, 0.1) is 6.42 Å². The van der Waals surface area contributed by atoms with E-state index in [9.17, 15) is 18.4 Å². The number of rotatable bonds is 8.